The predicted molar refractivity (Wildman–Crippen MR) is 44.8 cm³/mol. The van der Waals surface area contributed by atoms with Gasteiger partial charge in [-0.3, -0.25) is 9.79 Å². The Labute approximate surface area is 66.4 Å². The highest BCUT2D eigenvalue weighted by molar-refractivity contribution is 6.45. The van der Waals surface area contributed by atoms with Crippen molar-refractivity contribution in [2.75, 3.05) is 20.6 Å². The van der Waals surface area contributed by atoms with E-state index in [1.807, 2.05) is 13.0 Å². The zero-order valence-electron chi connectivity index (χ0n) is 7.09. The number of amides is 1. The lowest BCUT2D eigenvalue weighted by Crippen LogP contribution is -2.29. The summed E-state index contributed by atoms with van der Waals surface area (Å²) in [6, 6.07) is 0. The molecule has 0 unspecified atom stereocenters. The first kappa shape index (κ1) is 7.98. The van der Waals surface area contributed by atoms with E-state index in [0.717, 1.165) is 5.57 Å². The molecule has 0 spiro atoms. The fraction of sp³-hybridized carbons (Fsp3) is 0.500. The van der Waals surface area contributed by atoms with Gasteiger partial charge in [-0.2, -0.15) is 0 Å². The van der Waals surface area contributed by atoms with Crippen LogP contribution in [-0.4, -0.2) is 37.2 Å². The van der Waals surface area contributed by atoms with E-state index in [1.165, 1.54) is 0 Å². The first-order valence-corrected chi connectivity index (χ1v) is 3.56. The van der Waals surface area contributed by atoms with Crippen LogP contribution in [0.5, 0.6) is 0 Å². The molecule has 3 heteroatoms. The van der Waals surface area contributed by atoms with Gasteiger partial charge >= 0.3 is 0 Å². The fourth-order valence-electron chi connectivity index (χ4n) is 0.943. The van der Waals surface area contributed by atoms with Gasteiger partial charge in [0.05, 0.1) is 6.54 Å². The van der Waals surface area contributed by atoms with E-state index in [9.17, 15) is 4.79 Å². The maximum absolute atomic E-state index is 11.3. The summed E-state index contributed by atoms with van der Waals surface area (Å²) in [7, 11) is 3.47. The molecule has 0 radical (unpaired) electrons. The standard InChI is InChI=1S/C8H12N2O/c1-6-4-5-9-7(6)8(11)10(2)3/h4H,5H2,1-3H3. The molecule has 1 aliphatic heterocycles. The Morgan fingerprint density at radius 3 is 2.64 bits per heavy atom. The minimum absolute atomic E-state index is 0.00347. The van der Waals surface area contributed by atoms with Gasteiger partial charge in [0.2, 0.25) is 0 Å². The van der Waals surface area contributed by atoms with Crippen LogP contribution in [0.2, 0.25) is 0 Å². The number of hydrogen-bond acceptors (Lipinski definition) is 2. The number of nitrogens with zero attached hydrogens (tertiary/aromatic N) is 2. The Kier molecular flexibility index (Phi) is 2.08. The summed E-state index contributed by atoms with van der Waals surface area (Å²) in [4.78, 5) is 16.9. The largest absolute Gasteiger partial charge is 0.343 e. The normalized spacial score (nSPS) is 15.9. The maximum Gasteiger partial charge on any atom is 0.271 e. The molecule has 1 heterocycles. The zero-order valence-corrected chi connectivity index (χ0v) is 7.09. The molecule has 60 valence electrons. The molecule has 0 aromatic heterocycles. The van der Waals surface area contributed by atoms with Crippen molar-refractivity contribution in [1.82, 2.24) is 4.90 Å². The molecule has 0 fully saturated rings. The molecule has 3 nitrogen and oxygen atoms in total. The third-order valence-electron chi connectivity index (χ3n) is 1.63. The summed E-state index contributed by atoms with van der Waals surface area (Å²) < 4.78 is 0. The molecule has 11 heavy (non-hydrogen) atoms. The molecular weight excluding hydrogens is 140 g/mol. The van der Waals surface area contributed by atoms with Crippen molar-refractivity contribution in [2.45, 2.75) is 6.92 Å². The van der Waals surface area contributed by atoms with Crippen LogP contribution in [0.4, 0.5) is 0 Å². The van der Waals surface area contributed by atoms with Crippen LogP contribution in [0.15, 0.2) is 16.6 Å². The molecule has 0 saturated heterocycles. The first-order chi connectivity index (χ1) is 5.13. The summed E-state index contributed by atoms with van der Waals surface area (Å²) in [6.45, 7) is 2.56. The first-order valence-electron chi connectivity index (χ1n) is 3.56. The van der Waals surface area contributed by atoms with Crippen LogP contribution >= 0.6 is 0 Å². The molecule has 0 aliphatic carbocycles. The molecule has 0 aromatic rings. The summed E-state index contributed by atoms with van der Waals surface area (Å²) in [5.74, 6) is -0.00347. The summed E-state index contributed by atoms with van der Waals surface area (Å²) in [5.41, 5.74) is 1.60. The van der Waals surface area contributed by atoms with Crippen LogP contribution in [0.1, 0.15) is 6.92 Å². The molecule has 1 rings (SSSR count). The fourth-order valence-corrected chi connectivity index (χ4v) is 0.943. The molecular formula is C8H12N2O. The Hall–Kier alpha value is -1.12. The Bertz CT molecular complexity index is 238. The molecule has 0 atom stereocenters. The van der Waals surface area contributed by atoms with Crippen LogP contribution in [-0.2, 0) is 4.79 Å². The van der Waals surface area contributed by atoms with Gasteiger partial charge in [0, 0.05) is 14.1 Å². The quantitative estimate of drug-likeness (QED) is 0.537. The van der Waals surface area contributed by atoms with Crippen molar-refractivity contribution in [3.05, 3.63) is 11.6 Å². The third-order valence-corrected chi connectivity index (χ3v) is 1.63. The van der Waals surface area contributed by atoms with Crippen LogP contribution in [0.25, 0.3) is 0 Å². The third kappa shape index (κ3) is 1.48. The van der Waals surface area contributed by atoms with Gasteiger partial charge in [-0.05, 0) is 12.5 Å². The lowest BCUT2D eigenvalue weighted by molar-refractivity contribution is -0.121. The lowest BCUT2D eigenvalue weighted by atomic mass is 10.2. The van der Waals surface area contributed by atoms with Gasteiger partial charge < -0.3 is 4.90 Å². The van der Waals surface area contributed by atoms with E-state index in [1.54, 1.807) is 19.0 Å². The second kappa shape index (κ2) is 2.86. The maximum atomic E-state index is 11.3. The molecule has 0 aromatic carbocycles. The van der Waals surface area contributed by atoms with E-state index in [-0.39, 0.29) is 5.91 Å². The second-order valence-electron chi connectivity index (χ2n) is 2.78. The monoisotopic (exact) mass is 152 g/mol. The number of aliphatic imine (C=N–C) groups is 1. The molecule has 0 bridgehead atoms. The van der Waals surface area contributed by atoms with E-state index in [2.05, 4.69) is 4.99 Å². The molecule has 1 aliphatic rings. The summed E-state index contributed by atoms with van der Waals surface area (Å²) in [6.07, 6.45) is 1.96. The van der Waals surface area contributed by atoms with E-state index >= 15 is 0 Å². The van der Waals surface area contributed by atoms with Crippen molar-refractivity contribution >= 4 is 11.6 Å². The van der Waals surface area contributed by atoms with Crippen molar-refractivity contribution in [3.63, 3.8) is 0 Å². The van der Waals surface area contributed by atoms with Crippen molar-refractivity contribution < 1.29 is 4.79 Å². The van der Waals surface area contributed by atoms with Gasteiger partial charge in [0.25, 0.3) is 5.91 Å². The number of hydrogen-bond donors (Lipinski definition) is 0. The Morgan fingerprint density at radius 2 is 2.27 bits per heavy atom. The average molecular weight is 152 g/mol. The number of carbonyl (C=O) groups excluding carboxylic acids is 1. The van der Waals surface area contributed by atoms with Gasteiger partial charge in [-0.15, -0.1) is 0 Å². The van der Waals surface area contributed by atoms with Crippen molar-refractivity contribution in [1.29, 1.82) is 0 Å². The molecule has 1 amide bonds. The second-order valence-corrected chi connectivity index (χ2v) is 2.78. The van der Waals surface area contributed by atoms with Crippen LogP contribution < -0.4 is 0 Å². The van der Waals surface area contributed by atoms with Gasteiger partial charge in [-0.25, -0.2) is 0 Å². The van der Waals surface area contributed by atoms with Gasteiger partial charge in [-0.1, -0.05) is 6.08 Å². The Balaban J connectivity index is 2.77. The topological polar surface area (TPSA) is 32.7 Å². The number of rotatable bonds is 1. The van der Waals surface area contributed by atoms with E-state index in [0.29, 0.717) is 12.3 Å². The highest BCUT2D eigenvalue weighted by Gasteiger charge is 2.17. The van der Waals surface area contributed by atoms with Crippen molar-refractivity contribution in [2.24, 2.45) is 4.99 Å². The van der Waals surface area contributed by atoms with E-state index in [4.69, 9.17) is 0 Å². The summed E-state index contributed by atoms with van der Waals surface area (Å²) in [5, 5.41) is 0. The molecule has 0 saturated carbocycles. The van der Waals surface area contributed by atoms with Gasteiger partial charge in [0.15, 0.2) is 0 Å². The Morgan fingerprint density at radius 1 is 1.64 bits per heavy atom. The predicted octanol–water partition coefficient (Wildman–Crippen LogP) is 0.476. The van der Waals surface area contributed by atoms with Crippen LogP contribution in [0.3, 0.4) is 0 Å². The minimum atomic E-state index is -0.00347. The van der Waals surface area contributed by atoms with Crippen molar-refractivity contribution in [3.8, 4) is 0 Å². The van der Waals surface area contributed by atoms with Gasteiger partial charge in [0.1, 0.15) is 5.71 Å². The lowest BCUT2D eigenvalue weighted by Gasteiger charge is -2.09. The van der Waals surface area contributed by atoms with Crippen LogP contribution in [0, 0.1) is 0 Å². The minimum Gasteiger partial charge on any atom is -0.343 e. The summed E-state index contributed by atoms with van der Waals surface area (Å²) >= 11 is 0. The average Bonchev–Trinajstić information content (AvgIpc) is 2.33. The smallest absolute Gasteiger partial charge is 0.271 e. The highest BCUT2D eigenvalue weighted by atomic mass is 16.2. The molecule has 0 N–H and O–H groups in total. The highest BCUT2D eigenvalue weighted by Crippen LogP contribution is 2.06. The zero-order chi connectivity index (χ0) is 8.43. The van der Waals surface area contributed by atoms with E-state index < -0.39 is 0 Å². The SMILES string of the molecule is CC1=CCN=C1C(=O)N(C)C. The number of carbonyl (C=O) groups is 1.